The first-order valence-corrected chi connectivity index (χ1v) is 6.41. The van der Waals surface area contributed by atoms with Gasteiger partial charge in [-0.25, -0.2) is 4.39 Å². The van der Waals surface area contributed by atoms with E-state index in [2.05, 4.69) is 0 Å². The highest BCUT2D eigenvalue weighted by molar-refractivity contribution is 5.80. The van der Waals surface area contributed by atoms with Gasteiger partial charge in [-0.05, 0) is 39.3 Å². The van der Waals surface area contributed by atoms with Crippen LogP contribution in [-0.4, -0.2) is 30.0 Å². The number of aryl methyl sites for hydroxylation is 1. The minimum Gasteiger partial charge on any atom is -0.478 e. The third kappa shape index (κ3) is 3.59. The Morgan fingerprint density at radius 1 is 1.42 bits per heavy atom. The van der Waals surface area contributed by atoms with Crippen molar-refractivity contribution < 1.29 is 13.9 Å². The molecule has 0 aliphatic rings. The van der Waals surface area contributed by atoms with Crippen LogP contribution in [0.25, 0.3) is 0 Å². The van der Waals surface area contributed by atoms with Gasteiger partial charge in [0.1, 0.15) is 0 Å². The average Bonchev–Trinajstić information content (AvgIpc) is 2.37. The number of anilines is 1. The van der Waals surface area contributed by atoms with Gasteiger partial charge in [0, 0.05) is 24.8 Å². The molecular weight excluding hydrogens is 247 g/mol. The maximum absolute atomic E-state index is 13.7. The zero-order valence-electron chi connectivity index (χ0n) is 11.9. The Labute approximate surface area is 113 Å². The van der Waals surface area contributed by atoms with E-state index in [4.69, 9.17) is 10.5 Å². The third-order valence-electron chi connectivity index (χ3n) is 3.05. The van der Waals surface area contributed by atoms with Crippen LogP contribution in [0.3, 0.4) is 0 Å². The second-order valence-electron chi connectivity index (χ2n) is 4.41. The molecule has 0 heterocycles. The van der Waals surface area contributed by atoms with Crippen LogP contribution in [0, 0.1) is 12.7 Å². The predicted molar refractivity (Wildman–Crippen MR) is 73.6 cm³/mol. The number of nitrogens with two attached hydrogens (primary N) is 1. The quantitative estimate of drug-likeness (QED) is 0.834. The summed E-state index contributed by atoms with van der Waals surface area (Å²) in [5.41, 5.74) is 6.69. The van der Waals surface area contributed by atoms with Crippen molar-refractivity contribution >= 4 is 11.6 Å². The van der Waals surface area contributed by atoms with Gasteiger partial charge in [0.25, 0.3) is 5.91 Å². The first kappa shape index (κ1) is 15.3. The molecular formula is C14H21FN2O2. The van der Waals surface area contributed by atoms with Gasteiger partial charge in [0.2, 0.25) is 0 Å². The van der Waals surface area contributed by atoms with Gasteiger partial charge in [0.05, 0.1) is 0 Å². The van der Waals surface area contributed by atoms with E-state index < -0.39 is 11.9 Å². The molecule has 1 rings (SSSR count). The standard InChI is InChI=1S/C14H21FN2O2/c1-5-17(6-2)14(18)10(4)19-13-7-9(3)12(16)8-11(13)15/h7-8,10H,5-6,16H2,1-4H3. The summed E-state index contributed by atoms with van der Waals surface area (Å²) in [5, 5.41) is 0. The van der Waals surface area contributed by atoms with Crippen molar-refractivity contribution in [2.75, 3.05) is 18.8 Å². The molecule has 5 heteroatoms. The molecule has 1 atom stereocenters. The molecule has 0 aliphatic heterocycles. The molecule has 0 aromatic heterocycles. The maximum Gasteiger partial charge on any atom is 0.263 e. The molecule has 106 valence electrons. The normalized spacial score (nSPS) is 12.1. The van der Waals surface area contributed by atoms with Crippen molar-refractivity contribution in [3.63, 3.8) is 0 Å². The van der Waals surface area contributed by atoms with Crippen LogP contribution in [0.4, 0.5) is 10.1 Å². The van der Waals surface area contributed by atoms with Crippen molar-refractivity contribution in [2.45, 2.75) is 33.8 Å². The highest BCUT2D eigenvalue weighted by Gasteiger charge is 2.21. The SMILES string of the molecule is CCN(CC)C(=O)C(C)Oc1cc(C)c(N)cc1F. The molecule has 1 amide bonds. The summed E-state index contributed by atoms with van der Waals surface area (Å²) in [7, 11) is 0. The van der Waals surface area contributed by atoms with E-state index in [0.717, 1.165) is 5.56 Å². The number of likely N-dealkylation sites (N-methyl/N-ethyl adjacent to an activating group) is 1. The molecule has 0 saturated carbocycles. The van der Waals surface area contributed by atoms with Crippen LogP contribution >= 0.6 is 0 Å². The van der Waals surface area contributed by atoms with E-state index in [1.165, 1.54) is 12.1 Å². The van der Waals surface area contributed by atoms with Gasteiger partial charge in [0.15, 0.2) is 17.7 Å². The van der Waals surface area contributed by atoms with Gasteiger partial charge in [-0.15, -0.1) is 0 Å². The topological polar surface area (TPSA) is 55.6 Å². The molecule has 0 saturated heterocycles. The lowest BCUT2D eigenvalue weighted by Crippen LogP contribution is -2.40. The zero-order chi connectivity index (χ0) is 14.6. The summed E-state index contributed by atoms with van der Waals surface area (Å²) < 4.78 is 19.1. The second kappa shape index (κ2) is 6.41. The Morgan fingerprint density at radius 3 is 2.53 bits per heavy atom. The summed E-state index contributed by atoms with van der Waals surface area (Å²) in [4.78, 5) is 13.7. The molecule has 0 fully saturated rings. The summed E-state index contributed by atoms with van der Waals surface area (Å²) in [5.74, 6) is -0.652. The highest BCUT2D eigenvalue weighted by atomic mass is 19.1. The number of carbonyl (C=O) groups is 1. The molecule has 0 spiro atoms. The van der Waals surface area contributed by atoms with Crippen LogP contribution in [0.5, 0.6) is 5.75 Å². The van der Waals surface area contributed by atoms with Crippen molar-refractivity contribution in [1.82, 2.24) is 4.90 Å². The molecule has 19 heavy (non-hydrogen) atoms. The minimum atomic E-state index is -0.725. The molecule has 2 N–H and O–H groups in total. The smallest absolute Gasteiger partial charge is 0.263 e. The predicted octanol–water partition coefficient (Wildman–Crippen LogP) is 2.35. The largest absolute Gasteiger partial charge is 0.478 e. The van der Waals surface area contributed by atoms with E-state index in [1.54, 1.807) is 18.7 Å². The van der Waals surface area contributed by atoms with Crippen molar-refractivity contribution in [2.24, 2.45) is 0 Å². The Balaban J connectivity index is 2.85. The third-order valence-corrected chi connectivity index (χ3v) is 3.05. The lowest BCUT2D eigenvalue weighted by atomic mass is 10.2. The van der Waals surface area contributed by atoms with E-state index in [1.807, 2.05) is 13.8 Å². The number of amides is 1. The summed E-state index contributed by atoms with van der Waals surface area (Å²) in [6, 6.07) is 2.72. The van der Waals surface area contributed by atoms with Gasteiger partial charge in [-0.2, -0.15) is 0 Å². The van der Waals surface area contributed by atoms with Crippen LogP contribution in [0.15, 0.2) is 12.1 Å². The van der Waals surface area contributed by atoms with Crippen molar-refractivity contribution in [3.05, 3.63) is 23.5 Å². The van der Waals surface area contributed by atoms with Gasteiger partial charge in [-0.1, -0.05) is 0 Å². The number of hydrogen-bond acceptors (Lipinski definition) is 3. The van der Waals surface area contributed by atoms with Gasteiger partial charge >= 0.3 is 0 Å². The molecule has 0 bridgehead atoms. The van der Waals surface area contributed by atoms with Gasteiger partial charge < -0.3 is 15.4 Å². The Kier molecular flexibility index (Phi) is 5.15. The first-order chi connectivity index (χ1) is 8.90. The van der Waals surface area contributed by atoms with Crippen LogP contribution in [0.2, 0.25) is 0 Å². The summed E-state index contributed by atoms with van der Waals surface area (Å²) in [6.07, 6.45) is -0.725. The first-order valence-electron chi connectivity index (χ1n) is 6.41. The number of nitrogens with zero attached hydrogens (tertiary/aromatic N) is 1. The zero-order valence-corrected chi connectivity index (χ0v) is 11.9. The number of rotatable bonds is 5. The molecule has 1 aromatic rings. The summed E-state index contributed by atoms with van der Waals surface area (Å²) in [6.45, 7) is 8.37. The molecule has 0 radical (unpaired) electrons. The lowest BCUT2D eigenvalue weighted by Gasteiger charge is -2.23. The molecule has 1 aromatic carbocycles. The lowest BCUT2D eigenvalue weighted by molar-refractivity contribution is -0.137. The fourth-order valence-corrected chi connectivity index (χ4v) is 1.79. The van der Waals surface area contributed by atoms with Crippen LogP contribution in [0.1, 0.15) is 26.3 Å². The monoisotopic (exact) mass is 268 g/mol. The van der Waals surface area contributed by atoms with Crippen molar-refractivity contribution in [3.8, 4) is 5.75 Å². The second-order valence-corrected chi connectivity index (χ2v) is 4.41. The number of carbonyl (C=O) groups excluding carboxylic acids is 1. The number of halogens is 1. The van der Waals surface area contributed by atoms with Crippen LogP contribution < -0.4 is 10.5 Å². The van der Waals surface area contributed by atoms with E-state index in [9.17, 15) is 9.18 Å². The fraction of sp³-hybridized carbons (Fsp3) is 0.500. The number of nitrogen functional groups attached to an aromatic ring is 1. The highest BCUT2D eigenvalue weighted by Crippen LogP contribution is 2.24. The molecule has 1 unspecified atom stereocenters. The Bertz CT molecular complexity index is 459. The van der Waals surface area contributed by atoms with Crippen molar-refractivity contribution in [1.29, 1.82) is 0 Å². The maximum atomic E-state index is 13.7. The Hall–Kier alpha value is -1.78. The van der Waals surface area contributed by atoms with Gasteiger partial charge in [-0.3, -0.25) is 4.79 Å². The number of hydrogen-bond donors (Lipinski definition) is 1. The number of ether oxygens (including phenoxy) is 1. The van der Waals surface area contributed by atoms with E-state index in [-0.39, 0.29) is 11.7 Å². The number of benzene rings is 1. The average molecular weight is 268 g/mol. The summed E-state index contributed by atoms with van der Waals surface area (Å²) >= 11 is 0. The fourth-order valence-electron chi connectivity index (χ4n) is 1.79. The van der Waals surface area contributed by atoms with Crippen LogP contribution in [-0.2, 0) is 4.79 Å². The molecule has 0 aliphatic carbocycles. The molecule has 4 nitrogen and oxygen atoms in total. The Morgan fingerprint density at radius 2 is 2.00 bits per heavy atom. The van der Waals surface area contributed by atoms with E-state index in [0.29, 0.717) is 18.8 Å². The van der Waals surface area contributed by atoms with E-state index >= 15 is 0 Å². The minimum absolute atomic E-state index is 0.0553.